The summed E-state index contributed by atoms with van der Waals surface area (Å²) in [6, 6.07) is 0. The maximum atomic E-state index is 11.3. The Morgan fingerprint density at radius 3 is 1.69 bits per heavy atom. The molecule has 0 saturated carbocycles. The Balaban J connectivity index is 5.16. The Kier molecular flexibility index (Phi) is 3.86. The molecule has 0 aromatic heterocycles. The molecule has 0 aromatic rings. The van der Waals surface area contributed by atoms with Gasteiger partial charge in [-0.15, -0.1) is 0 Å². The van der Waals surface area contributed by atoms with E-state index in [1.54, 1.807) is 13.8 Å². The van der Waals surface area contributed by atoms with Crippen molar-refractivity contribution >= 4 is 15.9 Å². The van der Waals surface area contributed by atoms with Gasteiger partial charge in [0.25, 0.3) is 0 Å². The van der Waals surface area contributed by atoms with Crippen LogP contribution in [0.15, 0.2) is 0 Å². The maximum absolute atomic E-state index is 11.3. The van der Waals surface area contributed by atoms with Crippen LogP contribution in [0.25, 0.3) is 0 Å². The third-order valence-electron chi connectivity index (χ3n) is 1.59. The molecule has 0 aliphatic heterocycles. The summed E-state index contributed by atoms with van der Waals surface area (Å²) >= 11 is 0. The van der Waals surface area contributed by atoms with E-state index in [1.165, 1.54) is 0 Å². The van der Waals surface area contributed by atoms with Gasteiger partial charge in [-0.05, 0) is 0 Å². The summed E-state index contributed by atoms with van der Waals surface area (Å²) in [6.07, 6.45) is 0.913. The normalized spacial score (nSPS) is 16.5. The zero-order valence-electron chi connectivity index (χ0n) is 8.35. The van der Waals surface area contributed by atoms with E-state index in [9.17, 15) is 13.3 Å². The summed E-state index contributed by atoms with van der Waals surface area (Å²) in [4.78, 5) is 9.91. The summed E-state index contributed by atoms with van der Waals surface area (Å²) in [5.41, 5.74) is 0. The van der Waals surface area contributed by atoms with Gasteiger partial charge in [0, 0.05) is 0 Å². The molecule has 0 aliphatic carbocycles. The second-order valence-electron chi connectivity index (χ2n) is 2.78. The van der Waals surface area contributed by atoms with Gasteiger partial charge in [0.15, 0.2) is 0 Å². The van der Waals surface area contributed by atoms with E-state index in [0.717, 1.165) is 12.9 Å². The molecular formula is C6H17O5PS. The number of rotatable bonds is 5. The number of hydrogen-bond donors (Lipinski definition) is 1. The van der Waals surface area contributed by atoms with Crippen molar-refractivity contribution in [1.29, 1.82) is 0 Å². The van der Waals surface area contributed by atoms with Gasteiger partial charge in [0.1, 0.15) is 0 Å². The predicted molar refractivity (Wildman–Crippen MR) is 53.2 cm³/mol. The third-order valence-corrected chi connectivity index (χ3v) is 9.92. The van der Waals surface area contributed by atoms with E-state index in [2.05, 4.69) is 0 Å². The summed E-state index contributed by atoms with van der Waals surface area (Å²) in [5.74, 6) is 0. The van der Waals surface area contributed by atoms with Crippen LogP contribution in [0.1, 0.15) is 13.8 Å². The van der Waals surface area contributed by atoms with Crippen molar-refractivity contribution < 1.29 is 22.4 Å². The van der Waals surface area contributed by atoms with Gasteiger partial charge < -0.3 is 0 Å². The number of hydrogen-bond acceptors (Lipinski definition) is 5. The Bertz CT molecular complexity index is 261. The van der Waals surface area contributed by atoms with Gasteiger partial charge in [-0.2, -0.15) is 0 Å². The minimum absolute atomic E-state index is 0.0951. The average molecular weight is 232 g/mol. The molecule has 13 heavy (non-hydrogen) atoms. The third kappa shape index (κ3) is 2.60. The van der Waals surface area contributed by atoms with E-state index in [0.29, 0.717) is 0 Å². The van der Waals surface area contributed by atoms with Crippen molar-refractivity contribution in [3.05, 3.63) is 0 Å². The van der Waals surface area contributed by atoms with E-state index in [4.69, 9.17) is 9.05 Å². The summed E-state index contributed by atoms with van der Waals surface area (Å²) in [6.45, 7) is 0.0625. The van der Waals surface area contributed by atoms with Crippen molar-refractivity contribution in [3.8, 4) is 0 Å². The molecule has 7 heteroatoms. The Morgan fingerprint density at radius 2 is 1.54 bits per heavy atom. The molecule has 0 rings (SSSR count). The van der Waals surface area contributed by atoms with Crippen molar-refractivity contribution in [2.75, 3.05) is 26.1 Å². The van der Waals surface area contributed by atoms with Gasteiger partial charge in [-0.3, -0.25) is 0 Å². The quantitative estimate of drug-likeness (QED) is 0.714. The molecule has 0 amide bonds. The zero-order valence-corrected chi connectivity index (χ0v) is 10.1. The first-order valence-corrected chi connectivity index (χ1v) is 8.90. The first-order chi connectivity index (χ1) is 5.66. The first kappa shape index (κ1) is 13.3. The minimum atomic E-state index is -4.45. The van der Waals surface area contributed by atoms with Crippen LogP contribution in [0, 0.1) is 0 Å². The van der Waals surface area contributed by atoms with Crippen LogP contribution in [0.2, 0.25) is 0 Å². The molecule has 0 heterocycles. The van der Waals surface area contributed by atoms with Gasteiger partial charge in [0.05, 0.1) is 0 Å². The van der Waals surface area contributed by atoms with Crippen LogP contribution in [0.3, 0.4) is 0 Å². The fourth-order valence-electron chi connectivity index (χ4n) is 0.813. The molecular weight excluding hydrogens is 215 g/mol. The monoisotopic (exact) mass is 232 g/mol. The predicted octanol–water partition coefficient (Wildman–Crippen LogP) is 0.939. The van der Waals surface area contributed by atoms with Crippen molar-refractivity contribution in [3.63, 3.8) is 0 Å². The van der Waals surface area contributed by atoms with Gasteiger partial charge in [-0.1, -0.05) is 0 Å². The molecule has 1 N–H and O–H groups in total. The van der Waals surface area contributed by atoms with Crippen molar-refractivity contribution in [2.24, 2.45) is 0 Å². The van der Waals surface area contributed by atoms with Crippen LogP contribution in [0.4, 0.5) is 0 Å². The van der Waals surface area contributed by atoms with Crippen LogP contribution < -0.4 is 0 Å². The second kappa shape index (κ2) is 3.79. The van der Waals surface area contributed by atoms with Crippen molar-refractivity contribution in [2.45, 2.75) is 13.8 Å². The Morgan fingerprint density at radius 1 is 1.23 bits per heavy atom. The van der Waals surface area contributed by atoms with Crippen LogP contribution in [0.5, 0.6) is 0 Å². The Hall–Kier alpha value is 0.260. The van der Waals surface area contributed by atoms with Crippen LogP contribution in [-0.4, -0.2) is 39.4 Å². The molecule has 0 bridgehead atoms. The first-order valence-electron chi connectivity index (χ1n) is 3.93. The second-order valence-corrected chi connectivity index (χ2v) is 11.7. The standard InChI is InChI=1S/C6H17O5PS/c1-5-10-12(3,7,11-6-2)13(4,8)9/h7H,5-6H2,1-4H3. The summed E-state index contributed by atoms with van der Waals surface area (Å²) < 4.78 is 32.4. The fourth-order valence-corrected chi connectivity index (χ4v) is 4.22. The molecule has 0 spiro atoms. The summed E-state index contributed by atoms with van der Waals surface area (Å²) in [5, 5.41) is 0. The van der Waals surface area contributed by atoms with E-state index < -0.39 is 15.9 Å². The molecule has 0 unspecified atom stereocenters. The van der Waals surface area contributed by atoms with E-state index >= 15 is 0 Å². The molecule has 0 aromatic carbocycles. The van der Waals surface area contributed by atoms with E-state index in [-0.39, 0.29) is 13.2 Å². The Labute approximate surface area is 78.9 Å². The average Bonchev–Trinajstić information content (AvgIpc) is 1.84. The molecule has 5 nitrogen and oxygen atoms in total. The molecule has 82 valence electrons. The van der Waals surface area contributed by atoms with Crippen LogP contribution in [-0.2, 0) is 18.5 Å². The molecule has 0 saturated heterocycles. The molecule has 0 aliphatic rings. The van der Waals surface area contributed by atoms with Crippen molar-refractivity contribution in [1.82, 2.24) is 0 Å². The molecule has 0 atom stereocenters. The van der Waals surface area contributed by atoms with Gasteiger partial charge >= 0.3 is 78.3 Å². The van der Waals surface area contributed by atoms with Gasteiger partial charge in [-0.25, -0.2) is 0 Å². The van der Waals surface area contributed by atoms with E-state index in [1.807, 2.05) is 0 Å². The fraction of sp³-hybridized carbons (Fsp3) is 1.00. The SMILES string of the molecule is CCOP(C)(O)(OCC)S(C)(=O)=O. The molecule has 0 radical (unpaired) electrons. The zero-order chi connectivity index (χ0) is 10.8. The molecule has 0 fully saturated rings. The van der Waals surface area contributed by atoms with Crippen LogP contribution >= 0.6 is 6.49 Å². The van der Waals surface area contributed by atoms with Gasteiger partial charge in [0.2, 0.25) is 0 Å². The summed E-state index contributed by atoms with van der Waals surface area (Å²) in [7, 11) is -3.75. The topological polar surface area (TPSA) is 72.8 Å².